The van der Waals surface area contributed by atoms with Gasteiger partial charge in [0.2, 0.25) is 5.88 Å². The molecule has 0 unspecified atom stereocenters. The van der Waals surface area contributed by atoms with Crippen molar-refractivity contribution in [3.63, 3.8) is 0 Å². The van der Waals surface area contributed by atoms with Crippen LogP contribution >= 0.6 is 0 Å². The van der Waals surface area contributed by atoms with E-state index in [1.54, 1.807) is 19.2 Å². The summed E-state index contributed by atoms with van der Waals surface area (Å²) < 4.78 is 5.05. The summed E-state index contributed by atoms with van der Waals surface area (Å²) in [4.78, 5) is 4.27. The second-order valence-corrected chi connectivity index (χ2v) is 4.15. The summed E-state index contributed by atoms with van der Waals surface area (Å²) >= 11 is 0. The van der Waals surface area contributed by atoms with Crippen LogP contribution in [-0.4, -0.2) is 17.6 Å². The molecular formula is C11H19N3O. The molecule has 3 N–H and O–H groups in total. The van der Waals surface area contributed by atoms with Crippen molar-refractivity contribution in [1.29, 1.82) is 0 Å². The van der Waals surface area contributed by atoms with Gasteiger partial charge in [-0.2, -0.15) is 4.98 Å². The average Bonchev–Trinajstić information content (AvgIpc) is 2.21. The molecular weight excluding hydrogens is 190 g/mol. The summed E-state index contributed by atoms with van der Waals surface area (Å²) in [5.74, 6) is 1.25. The Balaban J connectivity index is 2.93. The van der Waals surface area contributed by atoms with Gasteiger partial charge in [0.1, 0.15) is 0 Å². The van der Waals surface area contributed by atoms with Crippen LogP contribution in [-0.2, 0) is 0 Å². The molecule has 0 bridgehead atoms. The van der Waals surface area contributed by atoms with Crippen molar-refractivity contribution >= 4 is 11.5 Å². The Morgan fingerprint density at radius 3 is 2.67 bits per heavy atom. The highest BCUT2D eigenvalue weighted by Gasteiger charge is 2.16. The SMILES string of the molecule is CCC(C)(C)Nc1nc(OC)ccc1N. The van der Waals surface area contributed by atoms with Crippen molar-refractivity contribution in [3.8, 4) is 5.88 Å². The third-order valence-corrected chi connectivity index (χ3v) is 2.45. The first-order chi connectivity index (χ1) is 6.98. The molecule has 0 radical (unpaired) electrons. The van der Waals surface area contributed by atoms with E-state index in [4.69, 9.17) is 10.5 Å². The number of nitrogens with zero attached hydrogens (tertiary/aromatic N) is 1. The maximum absolute atomic E-state index is 5.83. The van der Waals surface area contributed by atoms with Crippen LogP contribution in [0.1, 0.15) is 27.2 Å². The van der Waals surface area contributed by atoms with Crippen molar-refractivity contribution in [2.24, 2.45) is 0 Å². The average molecular weight is 209 g/mol. The predicted octanol–water partition coefficient (Wildman–Crippen LogP) is 2.27. The second-order valence-electron chi connectivity index (χ2n) is 4.15. The lowest BCUT2D eigenvalue weighted by Crippen LogP contribution is -2.30. The molecule has 0 aliphatic rings. The third-order valence-electron chi connectivity index (χ3n) is 2.45. The van der Waals surface area contributed by atoms with E-state index in [1.807, 2.05) is 0 Å². The van der Waals surface area contributed by atoms with Gasteiger partial charge in [0.15, 0.2) is 5.82 Å². The van der Waals surface area contributed by atoms with Crippen molar-refractivity contribution in [2.75, 3.05) is 18.2 Å². The van der Waals surface area contributed by atoms with Crippen LogP contribution in [0.15, 0.2) is 12.1 Å². The molecule has 1 aromatic rings. The predicted molar refractivity (Wildman–Crippen MR) is 63.2 cm³/mol. The first kappa shape index (κ1) is 11.6. The second kappa shape index (κ2) is 4.38. The molecule has 4 heteroatoms. The molecule has 0 amide bonds. The van der Waals surface area contributed by atoms with E-state index in [9.17, 15) is 0 Å². The Bertz CT molecular complexity index is 337. The molecule has 0 aliphatic carbocycles. The standard InChI is InChI=1S/C11H19N3O/c1-5-11(2,3)14-10-8(12)6-7-9(13-10)15-4/h6-7H,5,12H2,1-4H3,(H,13,14). The molecule has 4 nitrogen and oxygen atoms in total. The molecule has 0 fully saturated rings. The molecule has 0 aromatic carbocycles. The van der Waals surface area contributed by atoms with Gasteiger partial charge in [-0.3, -0.25) is 0 Å². The molecule has 1 rings (SSSR count). The van der Waals surface area contributed by atoms with Crippen molar-refractivity contribution in [3.05, 3.63) is 12.1 Å². The Morgan fingerprint density at radius 2 is 2.13 bits per heavy atom. The number of aromatic nitrogens is 1. The van der Waals surface area contributed by atoms with E-state index in [-0.39, 0.29) is 5.54 Å². The van der Waals surface area contributed by atoms with Crippen molar-refractivity contribution in [2.45, 2.75) is 32.7 Å². The number of ether oxygens (including phenoxy) is 1. The number of nitrogen functional groups attached to an aromatic ring is 1. The van der Waals surface area contributed by atoms with E-state index in [1.165, 1.54) is 0 Å². The summed E-state index contributed by atoms with van der Waals surface area (Å²) in [6, 6.07) is 3.54. The van der Waals surface area contributed by atoms with Crippen LogP contribution in [0.3, 0.4) is 0 Å². The van der Waals surface area contributed by atoms with Crippen LogP contribution in [0.5, 0.6) is 5.88 Å². The minimum absolute atomic E-state index is 0.0204. The van der Waals surface area contributed by atoms with E-state index >= 15 is 0 Å². The van der Waals surface area contributed by atoms with Crippen LogP contribution < -0.4 is 15.8 Å². The summed E-state index contributed by atoms with van der Waals surface area (Å²) in [6.07, 6.45) is 0.991. The summed E-state index contributed by atoms with van der Waals surface area (Å²) in [7, 11) is 1.59. The minimum atomic E-state index is -0.0204. The quantitative estimate of drug-likeness (QED) is 0.798. The summed E-state index contributed by atoms with van der Waals surface area (Å²) in [5, 5.41) is 3.29. The first-order valence-electron chi connectivity index (χ1n) is 5.07. The smallest absolute Gasteiger partial charge is 0.215 e. The third kappa shape index (κ3) is 3.01. The maximum atomic E-state index is 5.83. The van der Waals surface area contributed by atoms with Gasteiger partial charge in [-0.05, 0) is 26.3 Å². The zero-order chi connectivity index (χ0) is 11.5. The topological polar surface area (TPSA) is 60.2 Å². The molecule has 0 spiro atoms. The lowest BCUT2D eigenvalue weighted by Gasteiger charge is -2.26. The highest BCUT2D eigenvalue weighted by molar-refractivity contribution is 5.62. The van der Waals surface area contributed by atoms with E-state index < -0.39 is 0 Å². The van der Waals surface area contributed by atoms with E-state index in [0.717, 1.165) is 6.42 Å². The fourth-order valence-corrected chi connectivity index (χ4v) is 1.07. The Morgan fingerprint density at radius 1 is 1.47 bits per heavy atom. The number of methoxy groups -OCH3 is 1. The molecule has 0 saturated carbocycles. The molecule has 15 heavy (non-hydrogen) atoms. The van der Waals surface area contributed by atoms with Gasteiger partial charge < -0.3 is 15.8 Å². The summed E-state index contributed by atoms with van der Waals surface area (Å²) in [5.41, 5.74) is 6.44. The highest BCUT2D eigenvalue weighted by Crippen LogP contribution is 2.24. The largest absolute Gasteiger partial charge is 0.481 e. The summed E-state index contributed by atoms with van der Waals surface area (Å²) in [6.45, 7) is 6.32. The fourth-order valence-electron chi connectivity index (χ4n) is 1.07. The van der Waals surface area contributed by atoms with Crippen LogP contribution in [0.4, 0.5) is 11.5 Å². The number of anilines is 2. The monoisotopic (exact) mass is 209 g/mol. The number of hydrogen-bond acceptors (Lipinski definition) is 4. The van der Waals surface area contributed by atoms with Crippen LogP contribution in [0.25, 0.3) is 0 Å². The normalized spacial score (nSPS) is 11.2. The zero-order valence-electron chi connectivity index (χ0n) is 9.79. The van der Waals surface area contributed by atoms with Gasteiger partial charge in [0.25, 0.3) is 0 Å². The van der Waals surface area contributed by atoms with Crippen LogP contribution in [0, 0.1) is 0 Å². The number of nitrogens with one attached hydrogen (secondary N) is 1. The van der Waals surface area contributed by atoms with Gasteiger partial charge in [-0.25, -0.2) is 0 Å². The Kier molecular flexibility index (Phi) is 3.39. The number of rotatable bonds is 4. The van der Waals surface area contributed by atoms with Gasteiger partial charge in [0.05, 0.1) is 12.8 Å². The number of nitrogens with two attached hydrogens (primary N) is 1. The Hall–Kier alpha value is -1.45. The van der Waals surface area contributed by atoms with Crippen molar-refractivity contribution in [1.82, 2.24) is 4.98 Å². The van der Waals surface area contributed by atoms with E-state index in [2.05, 4.69) is 31.1 Å². The molecule has 0 atom stereocenters. The van der Waals surface area contributed by atoms with E-state index in [0.29, 0.717) is 17.4 Å². The molecule has 84 valence electrons. The van der Waals surface area contributed by atoms with Gasteiger partial charge >= 0.3 is 0 Å². The molecule has 0 aliphatic heterocycles. The molecule has 1 aromatic heterocycles. The minimum Gasteiger partial charge on any atom is -0.481 e. The first-order valence-corrected chi connectivity index (χ1v) is 5.07. The fraction of sp³-hybridized carbons (Fsp3) is 0.545. The molecule has 1 heterocycles. The van der Waals surface area contributed by atoms with Gasteiger partial charge in [0, 0.05) is 11.6 Å². The van der Waals surface area contributed by atoms with Crippen LogP contribution in [0.2, 0.25) is 0 Å². The molecule has 0 saturated heterocycles. The van der Waals surface area contributed by atoms with Crippen molar-refractivity contribution < 1.29 is 4.74 Å². The number of hydrogen-bond donors (Lipinski definition) is 2. The zero-order valence-corrected chi connectivity index (χ0v) is 9.79. The maximum Gasteiger partial charge on any atom is 0.215 e. The lowest BCUT2D eigenvalue weighted by atomic mass is 10.0. The Labute approximate surface area is 90.8 Å². The van der Waals surface area contributed by atoms with Gasteiger partial charge in [-0.15, -0.1) is 0 Å². The highest BCUT2D eigenvalue weighted by atomic mass is 16.5. The van der Waals surface area contributed by atoms with Gasteiger partial charge in [-0.1, -0.05) is 6.92 Å². The number of pyridine rings is 1. The lowest BCUT2D eigenvalue weighted by molar-refractivity contribution is 0.398.